The fourth-order valence-electron chi connectivity index (χ4n) is 3.58. The largest absolute Gasteiger partial charge is 0.480 e. The number of carbonyl (C=O) groups is 2. The Morgan fingerprint density at radius 3 is 2.28 bits per heavy atom. The zero-order chi connectivity index (χ0) is 22.9. The Labute approximate surface area is 191 Å². The van der Waals surface area contributed by atoms with E-state index >= 15 is 0 Å². The van der Waals surface area contributed by atoms with E-state index in [9.17, 15) is 14.7 Å². The predicted molar refractivity (Wildman–Crippen MR) is 124 cm³/mol. The van der Waals surface area contributed by atoms with E-state index in [1.165, 1.54) is 16.7 Å². The number of rotatable bonds is 4. The Morgan fingerprint density at radius 1 is 1.06 bits per heavy atom. The second kappa shape index (κ2) is 8.70. The van der Waals surface area contributed by atoms with Gasteiger partial charge in [-0.25, -0.2) is 14.3 Å². The zero-order valence-electron chi connectivity index (χ0n) is 18.1. The standard InChI is InChI=1S/C24H25N3O4S/c1-24(2,3)31-23(30)27-19(22(28)29)15-32-21(27)18-14-26(17-12-8-5-9-13-17)25-20(18)16-10-6-4-7-11-16/h4-14,19,21H,15H2,1-3H3,(H,28,29)/t19-,21?/m0/s1. The molecular weight excluding hydrogens is 426 g/mol. The number of thioether (sulfide) groups is 1. The number of carboxylic acids is 1. The van der Waals surface area contributed by atoms with Crippen LogP contribution in [0.3, 0.4) is 0 Å². The predicted octanol–water partition coefficient (Wildman–Crippen LogP) is 4.98. The summed E-state index contributed by atoms with van der Waals surface area (Å²) in [5.41, 5.74) is 2.48. The molecule has 2 atom stereocenters. The van der Waals surface area contributed by atoms with Crippen molar-refractivity contribution in [2.24, 2.45) is 0 Å². The maximum Gasteiger partial charge on any atom is 0.412 e. The van der Waals surface area contributed by atoms with Crippen LogP contribution in [0.1, 0.15) is 31.7 Å². The van der Waals surface area contributed by atoms with Crippen molar-refractivity contribution in [1.29, 1.82) is 0 Å². The van der Waals surface area contributed by atoms with E-state index in [2.05, 4.69) is 0 Å². The van der Waals surface area contributed by atoms with Crippen LogP contribution < -0.4 is 0 Å². The number of hydrogen-bond donors (Lipinski definition) is 1. The van der Waals surface area contributed by atoms with Crippen molar-refractivity contribution >= 4 is 23.8 Å². The summed E-state index contributed by atoms with van der Waals surface area (Å²) in [6.45, 7) is 5.30. The molecule has 3 aromatic rings. The molecule has 0 spiro atoms. The molecule has 0 bridgehead atoms. The van der Waals surface area contributed by atoms with E-state index in [4.69, 9.17) is 9.84 Å². The summed E-state index contributed by atoms with van der Waals surface area (Å²) in [5, 5.41) is 14.0. The van der Waals surface area contributed by atoms with Gasteiger partial charge in [-0.05, 0) is 32.9 Å². The second-order valence-electron chi connectivity index (χ2n) is 8.51. The molecule has 2 heterocycles. The first-order chi connectivity index (χ1) is 15.2. The average Bonchev–Trinajstić information content (AvgIpc) is 3.38. The maximum absolute atomic E-state index is 13.1. The van der Waals surface area contributed by atoms with E-state index in [-0.39, 0.29) is 5.75 Å². The number of benzene rings is 2. The summed E-state index contributed by atoms with van der Waals surface area (Å²) in [7, 11) is 0. The van der Waals surface area contributed by atoms with Crippen LogP contribution in [-0.4, -0.2) is 49.2 Å². The topological polar surface area (TPSA) is 84.7 Å². The lowest BCUT2D eigenvalue weighted by atomic mass is 10.1. The van der Waals surface area contributed by atoms with Crippen molar-refractivity contribution in [3.8, 4) is 16.9 Å². The first kappa shape index (κ1) is 22.0. The van der Waals surface area contributed by atoms with Crippen LogP contribution in [0, 0.1) is 0 Å². The third kappa shape index (κ3) is 4.50. The monoisotopic (exact) mass is 451 g/mol. The van der Waals surface area contributed by atoms with Gasteiger partial charge in [-0.3, -0.25) is 4.90 Å². The molecule has 4 rings (SSSR count). The Balaban J connectivity index is 1.82. The molecule has 32 heavy (non-hydrogen) atoms. The molecular formula is C24H25N3O4S. The first-order valence-corrected chi connectivity index (χ1v) is 11.4. The van der Waals surface area contributed by atoms with Crippen molar-refractivity contribution in [2.75, 3.05) is 5.75 Å². The Bertz CT molecular complexity index is 1110. The lowest BCUT2D eigenvalue weighted by Crippen LogP contribution is -2.45. The Kier molecular flexibility index (Phi) is 5.97. The normalized spacial score (nSPS) is 18.5. The van der Waals surface area contributed by atoms with E-state index in [1.807, 2.05) is 66.9 Å². The van der Waals surface area contributed by atoms with Gasteiger partial charge in [0.25, 0.3) is 0 Å². The highest BCUT2D eigenvalue weighted by atomic mass is 32.2. The van der Waals surface area contributed by atoms with Gasteiger partial charge in [0.1, 0.15) is 17.0 Å². The third-order valence-electron chi connectivity index (χ3n) is 4.97. The summed E-state index contributed by atoms with van der Waals surface area (Å²) < 4.78 is 7.34. The van der Waals surface area contributed by atoms with Crippen molar-refractivity contribution in [2.45, 2.75) is 37.8 Å². The molecule has 8 heteroatoms. The minimum absolute atomic E-state index is 0.268. The van der Waals surface area contributed by atoms with Gasteiger partial charge in [-0.15, -0.1) is 11.8 Å². The third-order valence-corrected chi connectivity index (χ3v) is 6.27. The molecule has 1 unspecified atom stereocenters. The van der Waals surface area contributed by atoms with E-state index in [1.54, 1.807) is 25.5 Å². The van der Waals surface area contributed by atoms with Crippen LogP contribution >= 0.6 is 11.8 Å². The molecule has 166 valence electrons. The molecule has 0 radical (unpaired) electrons. The molecule has 1 aliphatic heterocycles. The molecule has 0 saturated carbocycles. The number of hydrogen-bond acceptors (Lipinski definition) is 5. The van der Waals surface area contributed by atoms with Gasteiger partial charge in [0.15, 0.2) is 0 Å². The number of carbonyl (C=O) groups excluding carboxylic acids is 1. The van der Waals surface area contributed by atoms with Crippen molar-refractivity contribution in [3.05, 3.63) is 72.4 Å². The summed E-state index contributed by atoms with van der Waals surface area (Å²) >= 11 is 1.40. The van der Waals surface area contributed by atoms with Crippen LogP contribution in [0.5, 0.6) is 0 Å². The molecule has 0 aliphatic carbocycles. The van der Waals surface area contributed by atoms with Gasteiger partial charge in [0.2, 0.25) is 0 Å². The number of ether oxygens (including phenoxy) is 1. The van der Waals surface area contributed by atoms with Gasteiger partial charge in [-0.2, -0.15) is 5.10 Å². The minimum Gasteiger partial charge on any atom is -0.480 e. The fraction of sp³-hybridized carbons (Fsp3) is 0.292. The van der Waals surface area contributed by atoms with Gasteiger partial charge in [0, 0.05) is 23.1 Å². The number of amides is 1. The SMILES string of the molecule is CC(C)(C)OC(=O)N1C(c2cn(-c3ccccc3)nc2-c2ccccc2)SC[C@H]1C(=O)O. The fourth-order valence-corrected chi connectivity index (χ4v) is 4.99. The highest BCUT2D eigenvalue weighted by Gasteiger charge is 2.45. The number of aliphatic carboxylic acids is 1. The van der Waals surface area contributed by atoms with Gasteiger partial charge in [0.05, 0.1) is 11.4 Å². The Hall–Kier alpha value is -3.26. The maximum atomic E-state index is 13.1. The highest BCUT2D eigenvalue weighted by molar-refractivity contribution is 7.99. The van der Waals surface area contributed by atoms with Crippen molar-refractivity contribution < 1.29 is 19.4 Å². The zero-order valence-corrected chi connectivity index (χ0v) is 19.0. The first-order valence-electron chi connectivity index (χ1n) is 10.3. The number of para-hydroxylation sites is 1. The lowest BCUT2D eigenvalue weighted by Gasteiger charge is -2.30. The van der Waals surface area contributed by atoms with E-state index in [0.29, 0.717) is 5.69 Å². The van der Waals surface area contributed by atoms with Gasteiger partial charge < -0.3 is 9.84 Å². The minimum atomic E-state index is -1.05. The average molecular weight is 452 g/mol. The molecule has 1 aromatic heterocycles. The van der Waals surface area contributed by atoms with E-state index in [0.717, 1.165) is 16.8 Å². The quantitative estimate of drug-likeness (QED) is 0.603. The van der Waals surface area contributed by atoms with Crippen LogP contribution in [0.25, 0.3) is 16.9 Å². The van der Waals surface area contributed by atoms with Crippen LogP contribution in [0.15, 0.2) is 66.9 Å². The number of aromatic nitrogens is 2. The van der Waals surface area contributed by atoms with Crippen LogP contribution in [0.2, 0.25) is 0 Å². The lowest BCUT2D eigenvalue weighted by molar-refractivity contribution is -0.142. The van der Waals surface area contributed by atoms with Gasteiger partial charge >= 0.3 is 12.1 Å². The smallest absolute Gasteiger partial charge is 0.412 e. The highest BCUT2D eigenvalue weighted by Crippen LogP contribution is 2.45. The molecule has 1 N–H and O–H groups in total. The molecule has 2 aromatic carbocycles. The number of nitrogens with zero attached hydrogens (tertiary/aromatic N) is 3. The molecule has 1 aliphatic rings. The van der Waals surface area contributed by atoms with Crippen molar-refractivity contribution in [3.63, 3.8) is 0 Å². The van der Waals surface area contributed by atoms with Crippen LogP contribution in [0.4, 0.5) is 4.79 Å². The van der Waals surface area contributed by atoms with Gasteiger partial charge in [-0.1, -0.05) is 48.5 Å². The van der Waals surface area contributed by atoms with E-state index < -0.39 is 29.1 Å². The second-order valence-corrected chi connectivity index (χ2v) is 9.62. The summed E-state index contributed by atoms with van der Waals surface area (Å²) in [6.07, 6.45) is 1.23. The molecule has 1 fully saturated rings. The molecule has 7 nitrogen and oxygen atoms in total. The molecule has 1 amide bonds. The van der Waals surface area contributed by atoms with Crippen molar-refractivity contribution in [1.82, 2.24) is 14.7 Å². The summed E-state index contributed by atoms with van der Waals surface area (Å²) in [4.78, 5) is 26.4. The molecule has 1 saturated heterocycles. The summed E-state index contributed by atoms with van der Waals surface area (Å²) in [6, 6.07) is 18.4. The number of carboxylic acid groups (broad SMARTS) is 1. The van der Waals surface area contributed by atoms with Crippen LogP contribution in [-0.2, 0) is 9.53 Å². The summed E-state index contributed by atoms with van der Waals surface area (Å²) in [5.74, 6) is -0.785. The Morgan fingerprint density at radius 2 is 1.69 bits per heavy atom.